The minimum Gasteiger partial charge on any atom is -0.374 e. The summed E-state index contributed by atoms with van der Waals surface area (Å²) in [5.41, 5.74) is 0.962. The fourth-order valence-electron chi connectivity index (χ4n) is 1.68. The molecule has 4 heteroatoms. The molecule has 0 bridgehead atoms. The van der Waals surface area contributed by atoms with E-state index in [0.29, 0.717) is 0 Å². The zero-order valence-electron chi connectivity index (χ0n) is 11.0. The fourth-order valence-corrected chi connectivity index (χ4v) is 1.68. The maximum absolute atomic E-state index is 12.8. The first-order chi connectivity index (χ1) is 8.67. The molecule has 3 nitrogen and oxygen atoms in total. The molecule has 0 amide bonds. The first-order valence-electron chi connectivity index (χ1n) is 6.27. The summed E-state index contributed by atoms with van der Waals surface area (Å²) in [7, 11) is 1.95. The van der Waals surface area contributed by atoms with Crippen LogP contribution in [0, 0.1) is 17.1 Å². The summed E-state index contributed by atoms with van der Waals surface area (Å²) in [4.78, 5) is 2.03. The van der Waals surface area contributed by atoms with Crippen molar-refractivity contribution in [3.63, 3.8) is 0 Å². The van der Waals surface area contributed by atoms with Crippen molar-refractivity contribution in [1.29, 1.82) is 5.26 Å². The highest BCUT2D eigenvalue weighted by molar-refractivity contribution is 5.45. The Morgan fingerprint density at radius 1 is 1.39 bits per heavy atom. The molecule has 1 atom stereocenters. The standard InChI is InChI=1S/C14H20FN3/c1-3-9-17-13(11-16)8-10-18(2)14-6-4-12(15)5-7-14/h4-7,13,17H,3,8-10H2,1-2H3. The fraction of sp³-hybridized carbons (Fsp3) is 0.500. The lowest BCUT2D eigenvalue weighted by atomic mass is 10.2. The van der Waals surface area contributed by atoms with Crippen LogP contribution in [0.4, 0.5) is 10.1 Å². The highest BCUT2D eigenvalue weighted by Gasteiger charge is 2.08. The third kappa shape index (κ3) is 4.72. The zero-order valence-corrected chi connectivity index (χ0v) is 11.0. The molecule has 1 rings (SSSR count). The Morgan fingerprint density at radius 2 is 2.06 bits per heavy atom. The van der Waals surface area contributed by atoms with E-state index in [-0.39, 0.29) is 11.9 Å². The van der Waals surface area contributed by atoms with Crippen LogP contribution in [0.5, 0.6) is 0 Å². The van der Waals surface area contributed by atoms with Crippen LogP contribution in [0.3, 0.4) is 0 Å². The van der Waals surface area contributed by atoms with Gasteiger partial charge in [0.25, 0.3) is 0 Å². The van der Waals surface area contributed by atoms with Crippen LogP contribution >= 0.6 is 0 Å². The molecule has 1 N–H and O–H groups in total. The number of hydrogen-bond donors (Lipinski definition) is 1. The van der Waals surface area contributed by atoms with Gasteiger partial charge in [-0.3, -0.25) is 0 Å². The molecule has 0 radical (unpaired) electrons. The van der Waals surface area contributed by atoms with E-state index in [9.17, 15) is 4.39 Å². The van der Waals surface area contributed by atoms with Crippen LogP contribution in [-0.2, 0) is 0 Å². The molecule has 0 aliphatic heterocycles. The summed E-state index contributed by atoms with van der Waals surface area (Å²) in [6, 6.07) is 8.52. The predicted molar refractivity (Wildman–Crippen MR) is 72.0 cm³/mol. The molecule has 0 saturated carbocycles. The van der Waals surface area contributed by atoms with Crippen LogP contribution in [0.15, 0.2) is 24.3 Å². The first kappa shape index (κ1) is 14.5. The van der Waals surface area contributed by atoms with Crippen LogP contribution in [0.1, 0.15) is 19.8 Å². The molecule has 0 aliphatic rings. The number of hydrogen-bond acceptors (Lipinski definition) is 3. The molecule has 0 saturated heterocycles. The van der Waals surface area contributed by atoms with E-state index in [2.05, 4.69) is 18.3 Å². The Morgan fingerprint density at radius 3 is 2.61 bits per heavy atom. The molecule has 18 heavy (non-hydrogen) atoms. The lowest BCUT2D eigenvalue weighted by Crippen LogP contribution is -2.32. The number of nitrogens with zero attached hydrogens (tertiary/aromatic N) is 2. The van der Waals surface area contributed by atoms with Gasteiger partial charge in [0.05, 0.1) is 12.1 Å². The van der Waals surface area contributed by atoms with E-state index in [1.165, 1.54) is 12.1 Å². The highest BCUT2D eigenvalue weighted by Crippen LogP contribution is 2.13. The van der Waals surface area contributed by atoms with Crippen molar-refractivity contribution in [3.05, 3.63) is 30.1 Å². The van der Waals surface area contributed by atoms with Crippen molar-refractivity contribution in [3.8, 4) is 6.07 Å². The third-order valence-corrected chi connectivity index (χ3v) is 2.82. The van der Waals surface area contributed by atoms with Gasteiger partial charge in [-0.05, 0) is 43.7 Å². The van der Waals surface area contributed by atoms with Crippen molar-refractivity contribution < 1.29 is 4.39 Å². The monoisotopic (exact) mass is 249 g/mol. The average molecular weight is 249 g/mol. The second-order valence-electron chi connectivity index (χ2n) is 4.32. The van der Waals surface area contributed by atoms with Crippen LogP contribution < -0.4 is 10.2 Å². The SMILES string of the molecule is CCCNC(C#N)CCN(C)c1ccc(F)cc1. The number of nitrogens with one attached hydrogen (secondary N) is 1. The minimum absolute atomic E-state index is 0.118. The summed E-state index contributed by atoms with van der Waals surface area (Å²) >= 11 is 0. The van der Waals surface area contributed by atoms with Gasteiger partial charge in [-0.15, -0.1) is 0 Å². The van der Waals surface area contributed by atoms with Gasteiger partial charge in [0.1, 0.15) is 5.82 Å². The van der Waals surface area contributed by atoms with Gasteiger partial charge >= 0.3 is 0 Å². The summed E-state index contributed by atoms with van der Waals surface area (Å²) in [6.07, 6.45) is 1.77. The molecule has 0 heterocycles. The summed E-state index contributed by atoms with van der Waals surface area (Å²) in [5, 5.41) is 12.2. The number of halogens is 1. The number of rotatable bonds is 7. The summed E-state index contributed by atoms with van der Waals surface area (Å²) in [5.74, 6) is -0.230. The Labute approximate surface area is 108 Å². The number of benzene rings is 1. The molecule has 1 unspecified atom stereocenters. The van der Waals surface area contributed by atoms with Crippen molar-refractivity contribution in [1.82, 2.24) is 5.32 Å². The summed E-state index contributed by atoms with van der Waals surface area (Å²) in [6.45, 7) is 3.70. The molecule has 0 aliphatic carbocycles. The van der Waals surface area contributed by atoms with Crippen LogP contribution in [0.2, 0.25) is 0 Å². The minimum atomic E-state index is -0.230. The number of nitriles is 1. The third-order valence-electron chi connectivity index (χ3n) is 2.82. The normalized spacial score (nSPS) is 11.9. The Kier molecular flexibility index (Phi) is 6.16. The molecule has 0 fully saturated rings. The highest BCUT2D eigenvalue weighted by atomic mass is 19.1. The Balaban J connectivity index is 2.42. The van der Waals surface area contributed by atoms with Gasteiger partial charge in [0, 0.05) is 19.3 Å². The molecule has 0 aromatic heterocycles. The average Bonchev–Trinajstić information content (AvgIpc) is 2.39. The van der Waals surface area contributed by atoms with Gasteiger partial charge in [-0.2, -0.15) is 5.26 Å². The molecule has 1 aromatic rings. The largest absolute Gasteiger partial charge is 0.374 e. The van der Waals surface area contributed by atoms with Gasteiger partial charge in [0.2, 0.25) is 0 Å². The van der Waals surface area contributed by atoms with Crippen LogP contribution in [0.25, 0.3) is 0 Å². The lowest BCUT2D eigenvalue weighted by Gasteiger charge is -2.21. The van der Waals surface area contributed by atoms with Gasteiger partial charge in [0.15, 0.2) is 0 Å². The Bertz CT molecular complexity index is 383. The molecule has 1 aromatic carbocycles. The van der Waals surface area contributed by atoms with Gasteiger partial charge in [-0.1, -0.05) is 6.92 Å². The Hall–Kier alpha value is -1.60. The predicted octanol–water partition coefficient (Wildman–Crippen LogP) is 2.54. The van der Waals surface area contributed by atoms with Crippen molar-refractivity contribution in [2.75, 3.05) is 25.0 Å². The second-order valence-corrected chi connectivity index (χ2v) is 4.32. The maximum Gasteiger partial charge on any atom is 0.123 e. The molecule has 98 valence electrons. The summed E-state index contributed by atoms with van der Waals surface area (Å²) < 4.78 is 12.8. The van der Waals surface area contributed by atoms with Gasteiger partial charge < -0.3 is 10.2 Å². The van der Waals surface area contributed by atoms with Crippen molar-refractivity contribution in [2.24, 2.45) is 0 Å². The lowest BCUT2D eigenvalue weighted by molar-refractivity contribution is 0.561. The second kappa shape index (κ2) is 7.67. The topological polar surface area (TPSA) is 39.1 Å². The van der Waals surface area contributed by atoms with Crippen molar-refractivity contribution in [2.45, 2.75) is 25.8 Å². The van der Waals surface area contributed by atoms with E-state index in [0.717, 1.165) is 31.6 Å². The van der Waals surface area contributed by atoms with Crippen molar-refractivity contribution >= 4 is 5.69 Å². The van der Waals surface area contributed by atoms with E-state index < -0.39 is 0 Å². The first-order valence-corrected chi connectivity index (χ1v) is 6.27. The molecule has 0 spiro atoms. The van der Waals surface area contributed by atoms with E-state index >= 15 is 0 Å². The molecular weight excluding hydrogens is 229 g/mol. The van der Waals surface area contributed by atoms with E-state index in [1.807, 2.05) is 11.9 Å². The maximum atomic E-state index is 12.8. The number of anilines is 1. The van der Waals surface area contributed by atoms with Crippen LogP contribution in [-0.4, -0.2) is 26.2 Å². The zero-order chi connectivity index (χ0) is 13.4. The van der Waals surface area contributed by atoms with E-state index in [1.54, 1.807) is 12.1 Å². The smallest absolute Gasteiger partial charge is 0.123 e. The molecular formula is C14H20FN3. The van der Waals surface area contributed by atoms with Gasteiger partial charge in [-0.25, -0.2) is 4.39 Å². The quantitative estimate of drug-likeness (QED) is 0.807. The van der Waals surface area contributed by atoms with E-state index in [4.69, 9.17) is 5.26 Å².